The molecule has 0 aromatic heterocycles. The van der Waals surface area contributed by atoms with Crippen LogP contribution in [0, 0.1) is 10.8 Å². The summed E-state index contributed by atoms with van der Waals surface area (Å²) in [5, 5.41) is 25.7. The Morgan fingerprint density at radius 3 is 2.92 bits per heavy atom. The maximum Gasteiger partial charge on any atom is 0.369 e. The van der Waals surface area contributed by atoms with Crippen molar-refractivity contribution >= 4 is 42.6 Å². The Hall–Kier alpha value is -2.54. The molecule has 0 fully saturated rings. The van der Waals surface area contributed by atoms with Crippen LogP contribution in [0.15, 0.2) is 46.5 Å². The summed E-state index contributed by atoms with van der Waals surface area (Å²) >= 11 is 6.01. The van der Waals surface area contributed by atoms with Crippen molar-refractivity contribution in [3.63, 3.8) is 0 Å². The van der Waals surface area contributed by atoms with E-state index in [1.807, 2.05) is 6.08 Å². The maximum atomic E-state index is 10.7. The number of aliphatic carboxylic acids is 1. The first-order valence-electron chi connectivity index (χ1n) is 7.40. The van der Waals surface area contributed by atoms with E-state index in [0.717, 1.165) is 0 Å². The highest BCUT2D eigenvalue weighted by Crippen LogP contribution is 2.33. The minimum absolute atomic E-state index is 0.0355. The highest BCUT2D eigenvalue weighted by atomic mass is 35.5. The molecule has 1 aliphatic rings. The van der Waals surface area contributed by atoms with Crippen LogP contribution in [0.3, 0.4) is 0 Å². The second-order valence-corrected chi connectivity index (χ2v) is 6.24. The number of hydrogen-bond donors (Lipinski definition) is 2. The number of allylic oxidation sites excluding steroid dienone is 3. The Bertz CT molecular complexity index is 804. The molecule has 2 rings (SSSR count). The van der Waals surface area contributed by atoms with Crippen LogP contribution in [-0.2, 0) is 4.79 Å². The molecule has 0 spiro atoms. The van der Waals surface area contributed by atoms with E-state index in [-0.39, 0.29) is 23.0 Å². The molecule has 1 unspecified atom stereocenters. The van der Waals surface area contributed by atoms with Crippen molar-refractivity contribution in [1.29, 1.82) is 5.41 Å². The number of nitrogens with zero attached hydrogens (tertiary/aromatic N) is 1. The number of carboxylic acid groups (broad SMARTS) is 1. The molecule has 0 aliphatic heterocycles. The van der Waals surface area contributed by atoms with Crippen molar-refractivity contribution in [3.8, 4) is 5.75 Å². The fraction of sp³-hybridized carbons (Fsp3) is 0.235. The fourth-order valence-corrected chi connectivity index (χ4v) is 2.62. The molecule has 25 heavy (non-hydrogen) atoms. The lowest BCUT2D eigenvalue weighted by atomic mass is 9.82. The van der Waals surface area contributed by atoms with Crippen molar-refractivity contribution in [3.05, 3.63) is 47.0 Å². The van der Waals surface area contributed by atoms with E-state index < -0.39 is 18.0 Å². The predicted octanol–water partition coefficient (Wildman–Crippen LogP) is 1.48. The van der Waals surface area contributed by atoms with Gasteiger partial charge < -0.3 is 14.9 Å². The van der Waals surface area contributed by atoms with Crippen LogP contribution in [0.2, 0.25) is 0 Å². The molecule has 8 heteroatoms. The number of benzene rings is 1. The normalized spacial score (nSPS) is 20.1. The molecule has 0 amide bonds. The van der Waals surface area contributed by atoms with Gasteiger partial charge in [0.1, 0.15) is 25.0 Å². The van der Waals surface area contributed by atoms with Crippen LogP contribution in [0.5, 0.6) is 5.75 Å². The predicted molar refractivity (Wildman–Crippen MR) is 98.6 cm³/mol. The lowest BCUT2D eigenvalue weighted by molar-refractivity contribution is -0.139. The molecular weight excluding hydrogens is 342 g/mol. The number of carboxylic acids is 1. The average molecular weight is 360 g/mol. The van der Waals surface area contributed by atoms with Gasteiger partial charge in [-0.25, -0.2) is 4.79 Å². The first-order chi connectivity index (χ1) is 11.7. The summed E-state index contributed by atoms with van der Waals surface area (Å²) in [6.07, 6.45) is 5.85. The number of carbonyl (C=O) groups is 1. The number of hydrogen-bond acceptors (Lipinski definition) is 3. The summed E-state index contributed by atoms with van der Waals surface area (Å²) in [5.74, 6) is -1.25. The van der Waals surface area contributed by atoms with E-state index in [2.05, 4.69) is 4.99 Å². The molecule has 0 saturated carbocycles. The minimum Gasteiger partial charge on any atom is -0.578 e. The second-order valence-electron chi connectivity index (χ2n) is 5.80. The Kier molecular flexibility index (Phi) is 5.69. The van der Waals surface area contributed by atoms with Crippen LogP contribution in [0.25, 0.3) is 0 Å². The number of nitrogens with one attached hydrogen (secondary N) is 1. The van der Waals surface area contributed by atoms with Gasteiger partial charge in [0, 0.05) is 5.03 Å². The third-order valence-electron chi connectivity index (χ3n) is 3.65. The molecule has 0 saturated heterocycles. The summed E-state index contributed by atoms with van der Waals surface area (Å²) in [7, 11) is 5.74. The summed E-state index contributed by atoms with van der Waals surface area (Å²) < 4.78 is 5.17. The van der Waals surface area contributed by atoms with Gasteiger partial charge >= 0.3 is 11.9 Å². The molecule has 1 atom stereocenters. The number of aliphatic imine (C=N–C) groups is 1. The molecule has 2 radical (unpaired) electrons. The first-order valence-corrected chi connectivity index (χ1v) is 7.78. The topological polar surface area (TPSA) is 106 Å². The van der Waals surface area contributed by atoms with Crippen LogP contribution in [0.1, 0.15) is 18.9 Å². The number of rotatable bonds is 5. The lowest BCUT2D eigenvalue weighted by Crippen LogP contribution is -2.26. The Morgan fingerprint density at radius 1 is 1.56 bits per heavy atom. The van der Waals surface area contributed by atoms with Crippen molar-refractivity contribution in [1.82, 2.24) is 0 Å². The first kappa shape index (κ1) is 18.8. The molecular formula is C17H17BClN2O4+. The van der Waals surface area contributed by atoms with Crippen molar-refractivity contribution in [2.24, 2.45) is 10.4 Å². The Labute approximate surface area is 151 Å². The largest absolute Gasteiger partial charge is 0.578 e. The van der Waals surface area contributed by atoms with Crippen molar-refractivity contribution in [2.75, 3.05) is 6.61 Å². The van der Waals surface area contributed by atoms with E-state index in [9.17, 15) is 4.79 Å². The molecule has 128 valence electrons. The molecule has 4 N–H and O–H groups in total. The molecule has 0 bridgehead atoms. The van der Waals surface area contributed by atoms with Gasteiger partial charge in [-0.3, -0.25) is 5.41 Å². The molecule has 6 nitrogen and oxygen atoms in total. The summed E-state index contributed by atoms with van der Waals surface area (Å²) in [6.45, 7) is 1.25. The number of halogens is 1. The van der Waals surface area contributed by atoms with Crippen LogP contribution in [0.4, 0.5) is 0 Å². The standard InChI is InChI=1S/C17H16BClN2O4/c1-17(6-2-3-11(19)8-17)16(20)21-15(24)12-7-10(18)4-5-13(12)25-9-14(22)23/h2-5,7-8H,6,9H2,1H3,(H,22,23)(H2,20,21,24)/p+1. The summed E-state index contributed by atoms with van der Waals surface area (Å²) in [4.78, 5) is 14.7. The van der Waals surface area contributed by atoms with Crippen molar-refractivity contribution in [2.45, 2.75) is 13.3 Å². The van der Waals surface area contributed by atoms with Gasteiger partial charge in [-0.2, -0.15) is 0 Å². The smallest absolute Gasteiger partial charge is 0.369 e. The number of amidine groups is 1. The highest BCUT2D eigenvalue weighted by molar-refractivity contribution is 6.33. The van der Waals surface area contributed by atoms with E-state index in [1.54, 1.807) is 19.1 Å². The molecule has 1 aliphatic carbocycles. The monoisotopic (exact) mass is 359 g/mol. The fourth-order valence-electron chi connectivity index (χ4n) is 2.29. The third kappa shape index (κ3) is 4.73. The van der Waals surface area contributed by atoms with Gasteiger partial charge in [-0.15, -0.1) is 4.99 Å². The van der Waals surface area contributed by atoms with E-state index in [1.165, 1.54) is 18.2 Å². The van der Waals surface area contributed by atoms with Gasteiger partial charge in [0.2, 0.25) is 0 Å². The van der Waals surface area contributed by atoms with Gasteiger partial charge in [-0.05, 0) is 31.6 Å². The van der Waals surface area contributed by atoms with Gasteiger partial charge in [0.05, 0.1) is 5.41 Å². The van der Waals surface area contributed by atoms with E-state index >= 15 is 0 Å². The van der Waals surface area contributed by atoms with Gasteiger partial charge in [-0.1, -0.05) is 35.3 Å². The SMILES string of the molecule is [B]c1ccc(OCC(=O)O)c(C([OH2+])=NC(=N)C2(C)C=C(Cl)C=CC2)c1. The Morgan fingerprint density at radius 2 is 2.28 bits per heavy atom. The lowest BCUT2D eigenvalue weighted by Gasteiger charge is -2.25. The molecule has 1 aromatic carbocycles. The quantitative estimate of drug-likeness (QED) is 0.360. The van der Waals surface area contributed by atoms with Crippen LogP contribution in [-0.4, -0.2) is 42.4 Å². The highest BCUT2D eigenvalue weighted by Gasteiger charge is 2.30. The zero-order valence-electron chi connectivity index (χ0n) is 13.5. The number of ether oxygens (including phenoxy) is 1. The summed E-state index contributed by atoms with van der Waals surface area (Å²) in [5.41, 5.74) is -0.129. The van der Waals surface area contributed by atoms with E-state index in [0.29, 0.717) is 16.9 Å². The van der Waals surface area contributed by atoms with E-state index in [4.69, 9.17) is 39.8 Å². The summed E-state index contributed by atoms with van der Waals surface area (Å²) in [6, 6.07) is 4.47. The van der Waals surface area contributed by atoms with Crippen LogP contribution < -0.4 is 10.2 Å². The second kappa shape index (κ2) is 7.57. The molecule has 1 aromatic rings. The van der Waals surface area contributed by atoms with Crippen molar-refractivity contribution < 1.29 is 19.7 Å². The third-order valence-corrected chi connectivity index (χ3v) is 3.88. The van der Waals surface area contributed by atoms with Crippen LogP contribution >= 0.6 is 11.6 Å². The maximum absolute atomic E-state index is 10.7. The zero-order valence-corrected chi connectivity index (χ0v) is 14.3. The van der Waals surface area contributed by atoms with Gasteiger partial charge in [0.15, 0.2) is 6.61 Å². The zero-order chi connectivity index (χ0) is 18.6. The van der Waals surface area contributed by atoms with Gasteiger partial charge in [0.25, 0.3) is 0 Å². The average Bonchev–Trinajstić information content (AvgIpc) is 2.53. The molecule has 0 heterocycles. The minimum atomic E-state index is -1.14. The Balaban J connectivity index is 2.33.